The van der Waals surface area contributed by atoms with Crippen molar-refractivity contribution in [2.45, 2.75) is 270 Å². The van der Waals surface area contributed by atoms with Gasteiger partial charge in [-0.2, -0.15) is 0 Å². The van der Waals surface area contributed by atoms with Crippen molar-refractivity contribution >= 4 is 8.32 Å². The first-order valence-electron chi connectivity index (χ1n) is 20.6. The van der Waals surface area contributed by atoms with Gasteiger partial charge in [0.1, 0.15) is 0 Å². The van der Waals surface area contributed by atoms with Crippen LogP contribution in [0.1, 0.15) is 255 Å². The summed E-state index contributed by atoms with van der Waals surface area (Å²) in [6.45, 7) is 21.4. The highest BCUT2D eigenvalue weighted by atomic mass is 28.4. The van der Waals surface area contributed by atoms with Crippen molar-refractivity contribution in [2.75, 3.05) is 0 Å². The maximum atomic E-state index is 15.9. The fourth-order valence-corrected chi connectivity index (χ4v) is 16.0. The van der Waals surface area contributed by atoms with Crippen molar-refractivity contribution < 1.29 is 4.80 Å². The minimum atomic E-state index is -2.95. The predicted octanol–water partition coefficient (Wildman–Crippen LogP) is 16.5. The summed E-state index contributed by atoms with van der Waals surface area (Å²) in [4.78, 5) is 15.9. The second-order valence-corrected chi connectivity index (χ2v) is 22.5. The number of hydrogen-bond acceptors (Lipinski definition) is 0. The van der Waals surface area contributed by atoms with Gasteiger partial charge in [-0.05, 0) is 34.4 Å². The fourth-order valence-electron chi connectivity index (χ4n) is 8.91. The summed E-state index contributed by atoms with van der Waals surface area (Å²) < 4.78 is 0. The average Bonchev–Trinajstić information content (AvgIpc) is 2.97. The van der Waals surface area contributed by atoms with Crippen LogP contribution in [0, 0.1) is 0 Å². The molecular formula is C42H87OSi. The van der Waals surface area contributed by atoms with Gasteiger partial charge in [0.25, 0.3) is 8.32 Å². The molecule has 0 aromatic rings. The van der Waals surface area contributed by atoms with Gasteiger partial charge < -0.3 is 0 Å². The quantitative estimate of drug-likeness (QED) is 0.0505. The Labute approximate surface area is 282 Å². The van der Waals surface area contributed by atoms with E-state index in [4.69, 9.17) is 0 Å². The Hall–Kier alpha value is 0.177. The third kappa shape index (κ3) is 17.9. The molecule has 0 heterocycles. The van der Waals surface area contributed by atoms with Crippen molar-refractivity contribution in [1.82, 2.24) is 0 Å². The summed E-state index contributed by atoms with van der Waals surface area (Å²) in [6, 6.07) is 0. The SMILES string of the molecule is CCCCCCCCCCCC(C)(C)[Si]([O])(C(C)(C)CCCCCCCCCCC)C(C)(C)CCCCCCCCCCC. The smallest absolute Gasteiger partial charge is 0.254 e. The summed E-state index contributed by atoms with van der Waals surface area (Å²) >= 11 is 0. The Balaban J connectivity index is 5.18. The molecule has 0 saturated heterocycles. The van der Waals surface area contributed by atoms with Crippen LogP contribution in [0.2, 0.25) is 15.1 Å². The van der Waals surface area contributed by atoms with Gasteiger partial charge in [0.05, 0.1) is 0 Å². The molecule has 1 nitrogen and oxygen atoms in total. The van der Waals surface area contributed by atoms with Crippen LogP contribution in [0.25, 0.3) is 0 Å². The number of rotatable bonds is 33. The maximum absolute atomic E-state index is 15.9. The maximum Gasteiger partial charge on any atom is 0.254 e. The van der Waals surface area contributed by atoms with Crippen LogP contribution in [0.15, 0.2) is 0 Å². The van der Waals surface area contributed by atoms with Gasteiger partial charge in [0.15, 0.2) is 0 Å². The largest absolute Gasteiger partial charge is 0.296 e. The molecule has 1 radical (unpaired) electrons. The standard InChI is InChI=1S/C42H87OSi/c1-10-13-16-19-22-25-28-31-34-37-40(4,5)44(43,41(6,7)38-35-32-29-26-23-20-17-14-11-2)42(8,9)39-36-33-30-27-24-21-18-15-12-3/h10-39H2,1-9H3. The average molecular weight is 636 g/mol. The Morgan fingerprint density at radius 3 is 0.636 bits per heavy atom. The fraction of sp³-hybridized carbons (Fsp3) is 1.00. The predicted molar refractivity (Wildman–Crippen MR) is 204 cm³/mol. The lowest BCUT2D eigenvalue weighted by atomic mass is 9.99. The Morgan fingerprint density at radius 2 is 0.455 bits per heavy atom. The van der Waals surface area contributed by atoms with E-state index in [1.165, 1.54) is 173 Å². The lowest BCUT2D eigenvalue weighted by Crippen LogP contribution is -2.60. The van der Waals surface area contributed by atoms with Crippen LogP contribution in [0.3, 0.4) is 0 Å². The molecule has 0 unspecified atom stereocenters. The summed E-state index contributed by atoms with van der Waals surface area (Å²) in [6.07, 6.45) is 40.3. The van der Waals surface area contributed by atoms with Gasteiger partial charge in [-0.15, -0.1) is 0 Å². The van der Waals surface area contributed by atoms with Gasteiger partial charge in [-0.3, -0.25) is 4.80 Å². The van der Waals surface area contributed by atoms with Crippen molar-refractivity contribution in [3.05, 3.63) is 0 Å². The molecule has 0 bridgehead atoms. The molecule has 0 aliphatic heterocycles. The van der Waals surface area contributed by atoms with E-state index in [0.717, 1.165) is 19.3 Å². The molecule has 0 aromatic carbocycles. The highest BCUT2D eigenvalue weighted by Gasteiger charge is 2.65. The van der Waals surface area contributed by atoms with Crippen LogP contribution in [0.5, 0.6) is 0 Å². The van der Waals surface area contributed by atoms with Gasteiger partial charge >= 0.3 is 0 Å². The topological polar surface area (TPSA) is 19.9 Å². The Bertz CT molecular complexity index is 538. The molecule has 0 aliphatic rings. The second kappa shape index (κ2) is 26.2. The molecule has 0 saturated carbocycles. The Morgan fingerprint density at radius 1 is 0.295 bits per heavy atom. The molecule has 0 rings (SSSR count). The van der Waals surface area contributed by atoms with E-state index in [1.54, 1.807) is 0 Å². The molecule has 265 valence electrons. The highest BCUT2D eigenvalue weighted by Crippen LogP contribution is 2.66. The highest BCUT2D eigenvalue weighted by molar-refractivity contribution is 6.80. The number of hydrogen-bond donors (Lipinski definition) is 0. The van der Waals surface area contributed by atoms with Gasteiger partial charge in [0.2, 0.25) is 0 Å². The monoisotopic (exact) mass is 636 g/mol. The molecule has 0 aromatic heterocycles. The van der Waals surface area contributed by atoms with Crippen LogP contribution >= 0.6 is 0 Å². The molecule has 0 N–H and O–H groups in total. The zero-order valence-electron chi connectivity index (χ0n) is 32.6. The number of unbranched alkanes of at least 4 members (excludes halogenated alkanes) is 24. The lowest BCUT2D eigenvalue weighted by Gasteiger charge is -2.56. The minimum Gasteiger partial charge on any atom is -0.296 e. The summed E-state index contributed by atoms with van der Waals surface area (Å²) in [7, 11) is -2.95. The van der Waals surface area contributed by atoms with Crippen LogP contribution in [0.4, 0.5) is 0 Å². The molecule has 0 aliphatic carbocycles. The normalized spacial score (nSPS) is 13.2. The Kier molecular flexibility index (Phi) is 26.3. The first kappa shape index (κ1) is 44.2. The molecule has 44 heavy (non-hydrogen) atoms. The van der Waals surface area contributed by atoms with Crippen LogP contribution in [-0.4, -0.2) is 8.32 Å². The molecule has 0 atom stereocenters. The van der Waals surface area contributed by atoms with Crippen LogP contribution in [-0.2, 0) is 4.80 Å². The van der Waals surface area contributed by atoms with Gasteiger partial charge in [-0.25, -0.2) is 0 Å². The zero-order valence-corrected chi connectivity index (χ0v) is 33.6. The van der Waals surface area contributed by atoms with E-state index in [9.17, 15) is 0 Å². The summed E-state index contributed by atoms with van der Waals surface area (Å²) in [5, 5.41) is -0.209. The first-order valence-corrected chi connectivity index (χ1v) is 22.5. The molecule has 0 amide bonds. The lowest BCUT2D eigenvalue weighted by molar-refractivity contribution is 0.254. The molecular weight excluding hydrogens is 549 g/mol. The minimum absolute atomic E-state index is 0.0698. The van der Waals surface area contributed by atoms with Gasteiger partial charge in [0, 0.05) is 0 Å². The van der Waals surface area contributed by atoms with E-state index in [1.807, 2.05) is 0 Å². The second-order valence-electron chi connectivity index (χ2n) is 17.1. The van der Waals surface area contributed by atoms with Crippen molar-refractivity contribution in [1.29, 1.82) is 0 Å². The third-order valence-electron chi connectivity index (χ3n) is 11.6. The van der Waals surface area contributed by atoms with Gasteiger partial charge in [-0.1, -0.05) is 236 Å². The van der Waals surface area contributed by atoms with Crippen molar-refractivity contribution in [2.24, 2.45) is 0 Å². The third-order valence-corrected chi connectivity index (χ3v) is 18.0. The van der Waals surface area contributed by atoms with E-state index >= 15 is 4.80 Å². The van der Waals surface area contributed by atoms with E-state index in [2.05, 4.69) is 62.3 Å². The van der Waals surface area contributed by atoms with E-state index < -0.39 is 8.32 Å². The van der Waals surface area contributed by atoms with E-state index in [-0.39, 0.29) is 15.1 Å². The molecule has 0 fully saturated rings. The van der Waals surface area contributed by atoms with Crippen molar-refractivity contribution in [3.8, 4) is 0 Å². The molecule has 0 spiro atoms. The summed E-state index contributed by atoms with van der Waals surface area (Å²) in [5.41, 5.74) is 0. The zero-order chi connectivity index (χ0) is 33.2. The van der Waals surface area contributed by atoms with E-state index in [0.29, 0.717) is 0 Å². The first-order chi connectivity index (χ1) is 20.9. The summed E-state index contributed by atoms with van der Waals surface area (Å²) in [5.74, 6) is 0. The van der Waals surface area contributed by atoms with Crippen LogP contribution < -0.4 is 0 Å². The molecule has 2 heteroatoms. The van der Waals surface area contributed by atoms with Crippen molar-refractivity contribution in [3.63, 3.8) is 0 Å².